The van der Waals surface area contributed by atoms with Crippen LogP contribution in [0, 0.1) is 0 Å². The minimum absolute atomic E-state index is 0.0440. The fourth-order valence-electron chi connectivity index (χ4n) is 1.35. The molecular weight excluding hydrogens is 227 g/mol. The minimum atomic E-state index is -5.02. The number of alkyl halides is 3. The van der Waals surface area contributed by atoms with E-state index < -0.39 is 18.1 Å². The molecule has 0 fully saturated rings. The van der Waals surface area contributed by atoms with Gasteiger partial charge in [0.05, 0.1) is 11.3 Å². The monoisotopic (exact) mass is 231 g/mol. The molecule has 0 aliphatic carbocycles. The molecule has 16 heavy (non-hydrogen) atoms. The SMILES string of the molecule is O=C1C(=O)N(OC(F)(F)F)c2ccccc21. The van der Waals surface area contributed by atoms with E-state index in [0.717, 1.165) is 0 Å². The van der Waals surface area contributed by atoms with E-state index in [0.29, 0.717) is 0 Å². The summed E-state index contributed by atoms with van der Waals surface area (Å²) in [5, 5.41) is -0.0440. The predicted octanol–water partition coefficient (Wildman–Crippen LogP) is 1.67. The van der Waals surface area contributed by atoms with E-state index in [-0.39, 0.29) is 16.3 Å². The van der Waals surface area contributed by atoms with Gasteiger partial charge in [-0.3, -0.25) is 9.59 Å². The molecule has 0 bridgehead atoms. The van der Waals surface area contributed by atoms with Crippen molar-refractivity contribution in [1.29, 1.82) is 0 Å². The first kappa shape index (κ1) is 10.6. The van der Waals surface area contributed by atoms with Crippen LogP contribution in [0.15, 0.2) is 24.3 Å². The van der Waals surface area contributed by atoms with E-state index in [1.54, 1.807) is 0 Å². The number of anilines is 1. The summed E-state index contributed by atoms with van der Waals surface area (Å²) in [6.45, 7) is 0. The number of carbonyl (C=O) groups is 2. The molecule has 7 heteroatoms. The van der Waals surface area contributed by atoms with Gasteiger partial charge in [0.15, 0.2) is 0 Å². The van der Waals surface area contributed by atoms with Crippen LogP contribution in [0.25, 0.3) is 0 Å². The van der Waals surface area contributed by atoms with Crippen LogP contribution >= 0.6 is 0 Å². The third-order valence-corrected chi connectivity index (χ3v) is 1.94. The van der Waals surface area contributed by atoms with Crippen molar-refractivity contribution < 1.29 is 27.6 Å². The Morgan fingerprint density at radius 3 is 2.38 bits per heavy atom. The number of para-hydroxylation sites is 1. The second-order valence-corrected chi connectivity index (χ2v) is 2.98. The van der Waals surface area contributed by atoms with Crippen molar-refractivity contribution in [3.8, 4) is 0 Å². The molecule has 0 spiro atoms. The van der Waals surface area contributed by atoms with Gasteiger partial charge in [-0.15, -0.1) is 13.2 Å². The van der Waals surface area contributed by atoms with Crippen molar-refractivity contribution in [3.63, 3.8) is 0 Å². The Kier molecular flexibility index (Phi) is 2.20. The molecule has 1 aliphatic heterocycles. The molecule has 0 atom stereocenters. The molecule has 0 aromatic heterocycles. The zero-order valence-electron chi connectivity index (χ0n) is 7.62. The number of hydrogen-bond acceptors (Lipinski definition) is 3. The van der Waals surface area contributed by atoms with Crippen LogP contribution in [-0.4, -0.2) is 18.1 Å². The molecular formula is C9H4F3NO3. The van der Waals surface area contributed by atoms with Crippen molar-refractivity contribution in [3.05, 3.63) is 29.8 Å². The molecule has 1 aromatic rings. The summed E-state index contributed by atoms with van der Waals surface area (Å²) < 4.78 is 35.9. The van der Waals surface area contributed by atoms with E-state index in [2.05, 4.69) is 4.84 Å². The Bertz CT molecular complexity index is 469. The third kappa shape index (κ3) is 1.65. The molecule has 0 N–H and O–H groups in total. The van der Waals surface area contributed by atoms with Crippen molar-refractivity contribution >= 4 is 17.4 Å². The molecule has 4 nitrogen and oxygen atoms in total. The van der Waals surface area contributed by atoms with Gasteiger partial charge in [0.2, 0.25) is 0 Å². The second-order valence-electron chi connectivity index (χ2n) is 2.98. The number of fused-ring (bicyclic) bond motifs is 1. The van der Waals surface area contributed by atoms with Gasteiger partial charge in [-0.2, -0.15) is 9.90 Å². The zero-order valence-corrected chi connectivity index (χ0v) is 7.62. The lowest BCUT2D eigenvalue weighted by Crippen LogP contribution is -2.35. The molecule has 1 aromatic carbocycles. The number of benzene rings is 1. The highest BCUT2D eigenvalue weighted by Crippen LogP contribution is 2.32. The van der Waals surface area contributed by atoms with E-state index in [1.165, 1.54) is 24.3 Å². The van der Waals surface area contributed by atoms with Crippen LogP contribution in [0.4, 0.5) is 18.9 Å². The second kappa shape index (κ2) is 3.31. The van der Waals surface area contributed by atoms with Gasteiger partial charge in [0, 0.05) is 0 Å². The first-order chi connectivity index (χ1) is 7.40. The van der Waals surface area contributed by atoms with Crippen LogP contribution in [0.3, 0.4) is 0 Å². The number of rotatable bonds is 1. The number of halogens is 3. The first-order valence-electron chi connectivity index (χ1n) is 4.14. The van der Waals surface area contributed by atoms with E-state index in [1.807, 2.05) is 0 Å². The summed E-state index contributed by atoms with van der Waals surface area (Å²) in [5.41, 5.74) is -0.299. The number of carbonyl (C=O) groups excluding carboxylic acids is 2. The third-order valence-electron chi connectivity index (χ3n) is 1.94. The van der Waals surface area contributed by atoms with Crippen molar-refractivity contribution in [2.75, 3.05) is 5.06 Å². The molecule has 1 heterocycles. The average molecular weight is 231 g/mol. The fraction of sp³-hybridized carbons (Fsp3) is 0.111. The van der Waals surface area contributed by atoms with Crippen LogP contribution in [0.5, 0.6) is 0 Å². The van der Waals surface area contributed by atoms with Crippen LogP contribution in [0.1, 0.15) is 10.4 Å². The summed E-state index contributed by atoms with van der Waals surface area (Å²) in [6, 6.07) is 5.30. The zero-order chi connectivity index (χ0) is 11.9. The molecule has 1 aliphatic rings. The van der Waals surface area contributed by atoms with E-state index in [9.17, 15) is 22.8 Å². The van der Waals surface area contributed by atoms with Crippen LogP contribution in [0.2, 0.25) is 0 Å². The van der Waals surface area contributed by atoms with Crippen molar-refractivity contribution in [1.82, 2.24) is 0 Å². The molecule has 1 amide bonds. The van der Waals surface area contributed by atoms with Gasteiger partial charge in [0.25, 0.3) is 5.78 Å². The normalized spacial score (nSPS) is 15.6. The Balaban J connectivity index is 2.42. The maximum absolute atomic E-state index is 12.0. The van der Waals surface area contributed by atoms with Gasteiger partial charge in [-0.1, -0.05) is 12.1 Å². The largest absolute Gasteiger partial charge is 0.544 e. The predicted molar refractivity (Wildman–Crippen MR) is 45.4 cm³/mol. The van der Waals surface area contributed by atoms with Crippen molar-refractivity contribution in [2.24, 2.45) is 0 Å². The lowest BCUT2D eigenvalue weighted by Gasteiger charge is -2.16. The summed E-state index contributed by atoms with van der Waals surface area (Å²) >= 11 is 0. The van der Waals surface area contributed by atoms with Crippen LogP contribution < -0.4 is 5.06 Å². The molecule has 0 unspecified atom stereocenters. The number of ketones is 1. The Morgan fingerprint density at radius 2 is 1.75 bits per heavy atom. The Morgan fingerprint density at radius 1 is 1.12 bits per heavy atom. The lowest BCUT2D eigenvalue weighted by atomic mass is 10.1. The first-order valence-corrected chi connectivity index (χ1v) is 4.14. The highest BCUT2D eigenvalue weighted by Gasteiger charge is 2.44. The minimum Gasteiger partial charge on any atom is -0.283 e. The highest BCUT2D eigenvalue weighted by atomic mass is 19.4. The number of Topliss-reactive ketones (excluding diaryl/α,β-unsaturated/α-hetero) is 1. The molecule has 0 radical (unpaired) electrons. The quantitative estimate of drug-likeness (QED) is 0.690. The number of hydrogen-bond donors (Lipinski definition) is 0. The van der Waals surface area contributed by atoms with Gasteiger partial charge >= 0.3 is 12.3 Å². The summed E-state index contributed by atoms with van der Waals surface area (Å²) in [5.74, 6) is -2.36. The summed E-state index contributed by atoms with van der Waals surface area (Å²) in [4.78, 5) is 25.9. The molecule has 2 rings (SSSR count). The smallest absolute Gasteiger partial charge is 0.283 e. The average Bonchev–Trinajstić information content (AvgIpc) is 2.43. The summed E-state index contributed by atoms with van der Waals surface area (Å²) in [6.07, 6.45) is -5.02. The summed E-state index contributed by atoms with van der Waals surface area (Å²) in [7, 11) is 0. The Hall–Kier alpha value is -1.89. The lowest BCUT2D eigenvalue weighted by molar-refractivity contribution is -0.326. The van der Waals surface area contributed by atoms with Crippen LogP contribution in [-0.2, 0) is 9.63 Å². The fourth-order valence-corrected chi connectivity index (χ4v) is 1.35. The van der Waals surface area contributed by atoms with Gasteiger partial charge < -0.3 is 0 Å². The molecule has 0 saturated heterocycles. The maximum atomic E-state index is 12.0. The van der Waals surface area contributed by atoms with Gasteiger partial charge in [0.1, 0.15) is 0 Å². The van der Waals surface area contributed by atoms with E-state index >= 15 is 0 Å². The maximum Gasteiger partial charge on any atom is 0.544 e. The molecule has 84 valence electrons. The molecule has 0 saturated carbocycles. The number of nitrogens with zero attached hydrogens (tertiary/aromatic N) is 1. The number of hydroxylamine groups is 1. The van der Waals surface area contributed by atoms with E-state index in [4.69, 9.17) is 0 Å². The topological polar surface area (TPSA) is 46.6 Å². The van der Waals surface area contributed by atoms with Gasteiger partial charge in [-0.25, -0.2) is 0 Å². The Labute approximate surface area is 87.2 Å². The van der Waals surface area contributed by atoms with Crippen molar-refractivity contribution in [2.45, 2.75) is 6.36 Å². The van der Waals surface area contributed by atoms with Gasteiger partial charge in [-0.05, 0) is 12.1 Å². The highest BCUT2D eigenvalue weighted by molar-refractivity contribution is 6.51. The number of amides is 1. The standard InChI is InChI=1S/C9H4F3NO3/c10-9(11,12)16-13-6-4-2-1-3-5(6)7(14)8(13)15/h1-4H.